The first-order chi connectivity index (χ1) is 9.09. The topological polar surface area (TPSA) is 64.9 Å². The zero-order chi connectivity index (χ0) is 15.1. The maximum atomic E-state index is 12.5. The highest BCUT2D eigenvalue weighted by atomic mass is 19.4. The molecule has 10 heteroatoms. The van der Waals surface area contributed by atoms with Crippen LogP contribution in [0.5, 0.6) is 0 Å². The van der Waals surface area contributed by atoms with Crippen LogP contribution in [0.25, 0.3) is 11.5 Å². The molecule has 20 heavy (non-hydrogen) atoms. The standard InChI is InChI=1S/C10H5F6N3O/c11-9(12,13)4-1-2-6(17)5(3-4)7-18-8(19-20-7)10(14,15)16/h1-3H,17H2. The van der Waals surface area contributed by atoms with Gasteiger partial charge in [-0.15, -0.1) is 0 Å². The van der Waals surface area contributed by atoms with Crippen LogP contribution < -0.4 is 5.73 Å². The van der Waals surface area contributed by atoms with Crippen molar-refractivity contribution in [3.05, 3.63) is 29.6 Å². The zero-order valence-electron chi connectivity index (χ0n) is 9.38. The van der Waals surface area contributed by atoms with Crippen molar-refractivity contribution in [1.82, 2.24) is 10.1 Å². The predicted octanol–water partition coefficient (Wildman–Crippen LogP) is 3.36. The SMILES string of the molecule is Nc1ccc(C(F)(F)F)cc1-c1nc(C(F)(F)F)no1. The molecule has 2 rings (SSSR count). The summed E-state index contributed by atoms with van der Waals surface area (Å²) >= 11 is 0. The van der Waals surface area contributed by atoms with Crippen molar-refractivity contribution in [3.8, 4) is 11.5 Å². The van der Waals surface area contributed by atoms with Crippen molar-refractivity contribution >= 4 is 5.69 Å². The van der Waals surface area contributed by atoms with Crippen LogP contribution in [0.15, 0.2) is 22.7 Å². The molecule has 0 aliphatic carbocycles. The summed E-state index contributed by atoms with van der Waals surface area (Å²) in [7, 11) is 0. The van der Waals surface area contributed by atoms with Crippen molar-refractivity contribution < 1.29 is 30.9 Å². The van der Waals surface area contributed by atoms with Gasteiger partial charge >= 0.3 is 12.4 Å². The highest BCUT2D eigenvalue weighted by Gasteiger charge is 2.38. The lowest BCUT2D eigenvalue weighted by molar-refractivity contribution is -0.146. The molecule has 0 atom stereocenters. The van der Waals surface area contributed by atoms with E-state index in [-0.39, 0.29) is 5.69 Å². The third-order valence-electron chi connectivity index (χ3n) is 2.29. The molecule has 0 spiro atoms. The van der Waals surface area contributed by atoms with Gasteiger partial charge in [-0.1, -0.05) is 5.16 Å². The number of halogens is 6. The first-order valence-electron chi connectivity index (χ1n) is 4.97. The molecule has 0 fully saturated rings. The van der Waals surface area contributed by atoms with E-state index >= 15 is 0 Å². The minimum Gasteiger partial charge on any atom is -0.398 e. The van der Waals surface area contributed by atoms with E-state index in [1.165, 1.54) is 0 Å². The van der Waals surface area contributed by atoms with Crippen LogP contribution in [0.2, 0.25) is 0 Å². The molecule has 1 aromatic carbocycles. The molecule has 0 unspecified atom stereocenters. The second kappa shape index (κ2) is 4.39. The molecule has 0 aliphatic rings. The zero-order valence-corrected chi connectivity index (χ0v) is 9.38. The molecule has 108 valence electrons. The highest BCUT2D eigenvalue weighted by molar-refractivity contribution is 5.71. The van der Waals surface area contributed by atoms with Crippen LogP contribution in [0.4, 0.5) is 32.0 Å². The fourth-order valence-corrected chi connectivity index (χ4v) is 1.37. The number of aromatic nitrogens is 2. The molecule has 0 amide bonds. The summed E-state index contributed by atoms with van der Waals surface area (Å²) in [5.74, 6) is -2.33. The van der Waals surface area contributed by atoms with E-state index in [0.717, 1.165) is 6.07 Å². The van der Waals surface area contributed by atoms with Gasteiger partial charge in [0.2, 0.25) is 0 Å². The summed E-state index contributed by atoms with van der Waals surface area (Å²) < 4.78 is 78.7. The Kier molecular flexibility index (Phi) is 3.11. The summed E-state index contributed by atoms with van der Waals surface area (Å²) in [5, 5.41) is 2.65. The number of hydrogen-bond acceptors (Lipinski definition) is 4. The number of nitrogens with zero attached hydrogens (tertiary/aromatic N) is 2. The monoisotopic (exact) mass is 297 g/mol. The van der Waals surface area contributed by atoms with E-state index in [2.05, 4.69) is 14.7 Å². The van der Waals surface area contributed by atoms with Gasteiger partial charge in [-0.05, 0) is 18.2 Å². The van der Waals surface area contributed by atoms with E-state index in [0.29, 0.717) is 12.1 Å². The van der Waals surface area contributed by atoms with Crippen molar-refractivity contribution in [2.24, 2.45) is 0 Å². The van der Waals surface area contributed by atoms with Crippen molar-refractivity contribution in [1.29, 1.82) is 0 Å². The summed E-state index contributed by atoms with van der Waals surface area (Å²) in [4.78, 5) is 2.99. The molecule has 2 aromatic rings. The Morgan fingerprint density at radius 1 is 1.00 bits per heavy atom. The first kappa shape index (κ1) is 14.2. The molecule has 4 nitrogen and oxygen atoms in total. The average molecular weight is 297 g/mol. The Hall–Kier alpha value is -2.26. The Labute approximate surface area is 107 Å². The van der Waals surface area contributed by atoms with E-state index in [4.69, 9.17) is 5.73 Å². The van der Waals surface area contributed by atoms with Crippen LogP contribution >= 0.6 is 0 Å². The van der Waals surface area contributed by atoms with Gasteiger partial charge in [0.25, 0.3) is 11.7 Å². The van der Waals surface area contributed by atoms with Crippen molar-refractivity contribution in [2.45, 2.75) is 12.4 Å². The van der Waals surface area contributed by atoms with E-state index in [1.54, 1.807) is 0 Å². The molecule has 0 aliphatic heterocycles. The minimum absolute atomic E-state index is 0.213. The lowest BCUT2D eigenvalue weighted by atomic mass is 10.1. The van der Waals surface area contributed by atoms with Crippen LogP contribution in [0.3, 0.4) is 0 Å². The minimum atomic E-state index is -4.86. The molecular weight excluding hydrogens is 292 g/mol. The molecule has 0 saturated carbocycles. The van der Waals surface area contributed by atoms with Gasteiger partial charge in [-0.25, -0.2) is 0 Å². The van der Waals surface area contributed by atoms with Gasteiger partial charge in [-0.3, -0.25) is 0 Å². The molecule has 0 saturated heterocycles. The number of nitrogen functional groups attached to an aromatic ring is 1. The maximum absolute atomic E-state index is 12.5. The summed E-state index contributed by atoms with van der Waals surface area (Å²) in [6.45, 7) is 0. The number of anilines is 1. The number of alkyl halides is 6. The lowest BCUT2D eigenvalue weighted by Gasteiger charge is -2.08. The van der Waals surface area contributed by atoms with Gasteiger partial charge < -0.3 is 10.3 Å². The van der Waals surface area contributed by atoms with Crippen molar-refractivity contribution in [2.75, 3.05) is 5.73 Å². The first-order valence-corrected chi connectivity index (χ1v) is 4.97. The lowest BCUT2D eigenvalue weighted by Crippen LogP contribution is -2.07. The van der Waals surface area contributed by atoms with Crippen LogP contribution in [-0.4, -0.2) is 10.1 Å². The van der Waals surface area contributed by atoms with E-state index in [9.17, 15) is 26.3 Å². The third kappa shape index (κ3) is 2.68. The van der Waals surface area contributed by atoms with Crippen LogP contribution in [-0.2, 0) is 12.4 Å². The van der Waals surface area contributed by atoms with Crippen molar-refractivity contribution in [3.63, 3.8) is 0 Å². The number of hydrogen-bond donors (Lipinski definition) is 1. The molecule has 2 N–H and O–H groups in total. The normalized spacial score (nSPS) is 12.7. The van der Waals surface area contributed by atoms with Crippen LogP contribution in [0, 0.1) is 0 Å². The molecule has 1 heterocycles. The Morgan fingerprint density at radius 2 is 1.65 bits per heavy atom. The summed E-state index contributed by atoms with van der Waals surface area (Å²) in [6, 6.07) is 2.14. The quantitative estimate of drug-likeness (QED) is 0.647. The smallest absolute Gasteiger partial charge is 0.398 e. The number of rotatable bonds is 1. The average Bonchev–Trinajstić information content (AvgIpc) is 2.76. The predicted molar refractivity (Wildman–Crippen MR) is 54.2 cm³/mol. The molecule has 0 radical (unpaired) electrons. The molecule has 1 aromatic heterocycles. The van der Waals surface area contributed by atoms with E-state index in [1.807, 2.05) is 0 Å². The van der Waals surface area contributed by atoms with Crippen LogP contribution in [0.1, 0.15) is 11.4 Å². The fraction of sp³-hybridized carbons (Fsp3) is 0.200. The third-order valence-corrected chi connectivity index (χ3v) is 2.29. The fourth-order valence-electron chi connectivity index (χ4n) is 1.37. The largest absolute Gasteiger partial charge is 0.455 e. The Morgan fingerprint density at radius 3 is 2.15 bits per heavy atom. The molecular formula is C10H5F6N3O. The second-order valence-electron chi connectivity index (χ2n) is 3.72. The van der Waals surface area contributed by atoms with Gasteiger partial charge in [0, 0.05) is 5.69 Å². The summed E-state index contributed by atoms with van der Waals surface area (Å²) in [6.07, 6.45) is -9.53. The maximum Gasteiger partial charge on any atom is 0.455 e. The van der Waals surface area contributed by atoms with Gasteiger partial charge in [0.1, 0.15) is 0 Å². The second-order valence-corrected chi connectivity index (χ2v) is 3.72. The van der Waals surface area contributed by atoms with Gasteiger partial charge in [0.15, 0.2) is 0 Å². The Bertz CT molecular complexity index is 631. The van der Waals surface area contributed by atoms with Gasteiger partial charge in [0.05, 0.1) is 11.1 Å². The van der Waals surface area contributed by atoms with Gasteiger partial charge in [-0.2, -0.15) is 31.3 Å². The van der Waals surface area contributed by atoms with E-state index < -0.39 is 35.2 Å². The summed E-state index contributed by atoms with van der Waals surface area (Å²) in [5.41, 5.74) is 3.69. The Balaban J connectivity index is 2.50. The number of benzene rings is 1. The molecule has 0 bridgehead atoms. The number of nitrogens with two attached hydrogens (primary N) is 1. The highest BCUT2D eigenvalue weighted by Crippen LogP contribution is 2.35.